The van der Waals surface area contributed by atoms with Crippen LogP contribution in [0.2, 0.25) is 0 Å². The van der Waals surface area contributed by atoms with Gasteiger partial charge in [0.25, 0.3) is 5.91 Å². The second kappa shape index (κ2) is 8.75. The lowest BCUT2D eigenvalue weighted by molar-refractivity contribution is 0.0696. The fourth-order valence-corrected chi connectivity index (χ4v) is 4.12. The number of hydrogen-bond donors (Lipinski definition) is 4. The molecule has 4 N–H and O–H groups in total. The van der Waals surface area contributed by atoms with Crippen molar-refractivity contribution in [3.8, 4) is 5.75 Å². The van der Waals surface area contributed by atoms with E-state index >= 15 is 0 Å². The topological polar surface area (TPSA) is 102 Å². The molecule has 1 amide bonds. The van der Waals surface area contributed by atoms with E-state index < -0.39 is 5.97 Å². The molecule has 0 saturated heterocycles. The van der Waals surface area contributed by atoms with E-state index in [0.717, 1.165) is 27.4 Å². The third-order valence-corrected chi connectivity index (χ3v) is 6.01. The van der Waals surface area contributed by atoms with Gasteiger partial charge in [-0.2, -0.15) is 0 Å². The van der Waals surface area contributed by atoms with Crippen molar-refractivity contribution in [3.05, 3.63) is 113 Å². The molecule has 5 rings (SSSR count). The number of carbonyl (C=O) groups is 2. The largest absolute Gasteiger partial charge is 0.507 e. The van der Waals surface area contributed by atoms with E-state index in [2.05, 4.69) is 10.3 Å². The quantitative estimate of drug-likeness (QED) is 0.284. The molecule has 0 saturated carbocycles. The Morgan fingerprint density at radius 2 is 1.53 bits per heavy atom. The van der Waals surface area contributed by atoms with Gasteiger partial charge in [-0.15, -0.1) is 0 Å². The molecule has 0 atom stereocenters. The predicted molar refractivity (Wildman–Crippen MR) is 131 cm³/mol. The summed E-state index contributed by atoms with van der Waals surface area (Å²) in [4.78, 5) is 27.0. The number of hydrogen-bond acceptors (Lipinski definition) is 3. The first-order valence-corrected chi connectivity index (χ1v) is 10.9. The Hall–Kier alpha value is -4.58. The lowest BCUT2D eigenvalue weighted by Crippen LogP contribution is -2.22. The smallest absolute Gasteiger partial charge is 0.335 e. The molecular formula is C28H22N2O4. The van der Waals surface area contributed by atoms with Gasteiger partial charge in [-0.05, 0) is 69.9 Å². The van der Waals surface area contributed by atoms with Crippen LogP contribution in [0.1, 0.15) is 37.4 Å². The second-order valence-electron chi connectivity index (χ2n) is 8.27. The first-order valence-electron chi connectivity index (χ1n) is 10.9. The van der Waals surface area contributed by atoms with Crippen LogP contribution in [0.15, 0.2) is 85.1 Å². The van der Waals surface area contributed by atoms with Gasteiger partial charge in [0, 0.05) is 35.6 Å². The maximum atomic E-state index is 12.8. The van der Waals surface area contributed by atoms with Crippen LogP contribution in [0.25, 0.3) is 21.7 Å². The van der Waals surface area contributed by atoms with E-state index in [-0.39, 0.29) is 17.2 Å². The maximum absolute atomic E-state index is 12.8. The first-order chi connectivity index (χ1) is 16.5. The summed E-state index contributed by atoms with van der Waals surface area (Å²) < 4.78 is 0. The van der Waals surface area contributed by atoms with Crippen molar-refractivity contribution in [2.24, 2.45) is 0 Å². The number of fused-ring (bicyclic) bond motifs is 2. The molecule has 6 nitrogen and oxygen atoms in total. The average molecular weight is 450 g/mol. The zero-order chi connectivity index (χ0) is 23.7. The minimum Gasteiger partial charge on any atom is -0.507 e. The highest BCUT2D eigenvalue weighted by Crippen LogP contribution is 2.31. The summed E-state index contributed by atoms with van der Waals surface area (Å²) in [6.45, 7) is 0.399. The highest BCUT2D eigenvalue weighted by Gasteiger charge is 2.12. The maximum Gasteiger partial charge on any atom is 0.335 e. The fourth-order valence-electron chi connectivity index (χ4n) is 4.12. The van der Waals surface area contributed by atoms with Gasteiger partial charge in [0.1, 0.15) is 5.75 Å². The van der Waals surface area contributed by atoms with Gasteiger partial charge in [0.2, 0.25) is 0 Å². The Kier molecular flexibility index (Phi) is 5.47. The molecule has 0 aliphatic rings. The fraction of sp³-hybridized carbons (Fsp3) is 0.0714. The normalized spacial score (nSPS) is 11.1. The zero-order valence-corrected chi connectivity index (χ0v) is 18.2. The van der Waals surface area contributed by atoms with Crippen LogP contribution < -0.4 is 5.32 Å². The summed E-state index contributed by atoms with van der Waals surface area (Å²) in [7, 11) is 0. The summed E-state index contributed by atoms with van der Waals surface area (Å²) in [6, 6.07) is 23.6. The second-order valence-corrected chi connectivity index (χ2v) is 8.27. The molecule has 0 aliphatic heterocycles. The SMILES string of the molecule is O=C(O)c1ccc(Cc2ccc3ccc(C(=O)NCc4ccc5[nH]ccc5c4)cc3c2O)cc1. The number of aromatic hydroxyl groups is 1. The Balaban J connectivity index is 1.35. The number of amides is 1. The minimum atomic E-state index is -0.976. The number of nitrogens with one attached hydrogen (secondary N) is 2. The molecule has 1 heterocycles. The van der Waals surface area contributed by atoms with Gasteiger partial charge >= 0.3 is 5.97 Å². The van der Waals surface area contributed by atoms with Crippen LogP contribution in [0, 0.1) is 0 Å². The van der Waals surface area contributed by atoms with Crippen molar-refractivity contribution in [2.45, 2.75) is 13.0 Å². The van der Waals surface area contributed by atoms with E-state index in [1.165, 1.54) is 0 Å². The minimum absolute atomic E-state index is 0.118. The lowest BCUT2D eigenvalue weighted by Gasteiger charge is -2.11. The number of carboxylic acid groups (broad SMARTS) is 1. The van der Waals surface area contributed by atoms with Gasteiger partial charge in [0.05, 0.1) is 5.56 Å². The number of carboxylic acids is 1. The van der Waals surface area contributed by atoms with E-state index in [4.69, 9.17) is 5.11 Å². The van der Waals surface area contributed by atoms with E-state index in [1.807, 2.05) is 48.7 Å². The number of benzene rings is 4. The van der Waals surface area contributed by atoms with Gasteiger partial charge in [-0.1, -0.05) is 36.4 Å². The summed E-state index contributed by atoms with van der Waals surface area (Å²) >= 11 is 0. The van der Waals surface area contributed by atoms with Crippen molar-refractivity contribution in [1.82, 2.24) is 10.3 Å². The van der Waals surface area contributed by atoms with Crippen LogP contribution in [0.3, 0.4) is 0 Å². The summed E-state index contributed by atoms with van der Waals surface area (Å²) in [5.41, 5.74) is 4.32. The average Bonchev–Trinajstić information content (AvgIpc) is 3.32. The molecule has 0 spiro atoms. The monoisotopic (exact) mass is 450 g/mol. The third kappa shape index (κ3) is 4.21. The molecule has 168 valence electrons. The Morgan fingerprint density at radius 1 is 0.794 bits per heavy atom. The number of aromatic amines is 1. The summed E-state index contributed by atoms with van der Waals surface area (Å²) in [5.74, 6) is -1.08. The van der Waals surface area contributed by atoms with E-state index in [9.17, 15) is 14.7 Å². The van der Waals surface area contributed by atoms with Gasteiger partial charge < -0.3 is 20.5 Å². The first kappa shape index (κ1) is 21.3. The summed E-state index contributed by atoms with van der Waals surface area (Å²) in [6.07, 6.45) is 2.33. The van der Waals surface area contributed by atoms with Gasteiger partial charge in [0.15, 0.2) is 0 Å². The van der Waals surface area contributed by atoms with Crippen LogP contribution in [0.5, 0.6) is 5.75 Å². The van der Waals surface area contributed by atoms with E-state index in [1.54, 1.807) is 36.4 Å². The number of phenols is 1. The molecule has 0 radical (unpaired) electrons. The molecule has 6 heteroatoms. The number of H-pyrrole nitrogens is 1. The molecule has 0 bridgehead atoms. The molecular weight excluding hydrogens is 428 g/mol. The van der Waals surface area contributed by atoms with E-state index in [0.29, 0.717) is 29.5 Å². The van der Waals surface area contributed by atoms with Crippen LogP contribution in [0.4, 0.5) is 0 Å². The predicted octanol–water partition coefficient (Wildman–Crippen LogP) is 5.25. The number of aromatic carboxylic acids is 1. The molecule has 4 aromatic carbocycles. The number of phenolic OH excluding ortho intramolecular Hbond substituents is 1. The van der Waals surface area contributed by atoms with Crippen LogP contribution >= 0.6 is 0 Å². The molecule has 0 unspecified atom stereocenters. The van der Waals surface area contributed by atoms with Crippen molar-refractivity contribution < 1.29 is 19.8 Å². The van der Waals surface area contributed by atoms with Gasteiger partial charge in [-0.25, -0.2) is 4.79 Å². The molecule has 0 aliphatic carbocycles. The zero-order valence-electron chi connectivity index (χ0n) is 18.2. The Bertz CT molecular complexity index is 1530. The Morgan fingerprint density at radius 3 is 2.32 bits per heavy atom. The number of aromatic nitrogens is 1. The highest BCUT2D eigenvalue weighted by molar-refractivity contribution is 6.00. The Labute approximate surface area is 195 Å². The van der Waals surface area contributed by atoms with Crippen molar-refractivity contribution >= 4 is 33.6 Å². The van der Waals surface area contributed by atoms with Crippen molar-refractivity contribution in [2.75, 3.05) is 0 Å². The van der Waals surface area contributed by atoms with Crippen LogP contribution in [-0.2, 0) is 13.0 Å². The number of carbonyl (C=O) groups excluding carboxylic acids is 1. The molecule has 34 heavy (non-hydrogen) atoms. The lowest BCUT2D eigenvalue weighted by atomic mass is 9.98. The van der Waals surface area contributed by atoms with Crippen LogP contribution in [-0.4, -0.2) is 27.1 Å². The summed E-state index contributed by atoms with van der Waals surface area (Å²) in [5, 5.41) is 25.4. The standard InChI is InChI=1S/C28H22N2O4/c31-26-22(13-17-1-4-20(5-2-17)28(33)34)8-6-19-7-9-23(15-24(19)26)27(32)30-16-18-3-10-25-21(14-18)11-12-29-25/h1-12,14-15,29,31H,13,16H2,(H,30,32)(H,33,34). The molecule has 1 aromatic heterocycles. The third-order valence-electron chi connectivity index (χ3n) is 6.01. The van der Waals surface area contributed by atoms with Crippen molar-refractivity contribution in [1.29, 1.82) is 0 Å². The van der Waals surface area contributed by atoms with Crippen molar-refractivity contribution in [3.63, 3.8) is 0 Å². The highest BCUT2D eigenvalue weighted by atomic mass is 16.4. The molecule has 5 aromatic rings. The number of rotatable bonds is 6. The molecule has 0 fully saturated rings. The van der Waals surface area contributed by atoms with Gasteiger partial charge in [-0.3, -0.25) is 4.79 Å².